The van der Waals surface area contributed by atoms with Crippen LogP contribution in [0.2, 0.25) is 0 Å². The van der Waals surface area contributed by atoms with Gasteiger partial charge in [0.2, 0.25) is 0 Å². The maximum atomic E-state index is 9.11. The van der Waals surface area contributed by atoms with Gasteiger partial charge in [0.05, 0.1) is 11.2 Å². The molecule has 0 aliphatic carbocycles. The molecule has 3 rings (SSSR count). The van der Waals surface area contributed by atoms with Crippen LogP contribution in [0.1, 0.15) is 31.2 Å². The van der Waals surface area contributed by atoms with Gasteiger partial charge in [0.1, 0.15) is 0 Å². The van der Waals surface area contributed by atoms with Gasteiger partial charge in [0, 0.05) is 42.9 Å². The number of aliphatic hydroxyl groups is 1. The van der Waals surface area contributed by atoms with Crippen molar-refractivity contribution in [1.82, 2.24) is 4.98 Å². The molecule has 21 heavy (non-hydrogen) atoms. The summed E-state index contributed by atoms with van der Waals surface area (Å²) in [6.45, 7) is 1.85. The summed E-state index contributed by atoms with van der Waals surface area (Å²) in [4.78, 5) is 7.01. The summed E-state index contributed by atoms with van der Waals surface area (Å²) in [7, 11) is 0. The fourth-order valence-electron chi connectivity index (χ4n) is 3.41. The maximum Gasteiger partial charge on any atom is 0.0723 e. The number of hydrogen-bond acceptors (Lipinski definition) is 4. The van der Waals surface area contributed by atoms with Crippen molar-refractivity contribution in [3.8, 4) is 0 Å². The molecule has 0 saturated carbocycles. The first kappa shape index (κ1) is 14.3. The molecule has 4 heteroatoms. The highest BCUT2D eigenvalue weighted by molar-refractivity contribution is 5.93. The number of hydrogen-bond donors (Lipinski definition) is 2. The Balaban J connectivity index is 2.05. The minimum absolute atomic E-state index is 0.269. The summed E-state index contributed by atoms with van der Waals surface area (Å²) in [6, 6.07) is 8.78. The Kier molecular flexibility index (Phi) is 4.36. The number of benzene rings is 1. The summed E-state index contributed by atoms with van der Waals surface area (Å²) in [5.74, 6) is 0. The maximum absolute atomic E-state index is 9.11. The fourth-order valence-corrected chi connectivity index (χ4v) is 3.41. The lowest BCUT2D eigenvalue weighted by molar-refractivity contribution is 0.279. The molecule has 1 aromatic heterocycles. The van der Waals surface area contributed by atoms with E-state index in [9.17, 15) is 0 Å². The monoisotopic (exact) mass is 285 g/mol. The summed E-state index contributed by atoms with van der Waals surface area (Å²) >= 11 is 0. The van der Waals surface area contributed by atoms with Crippen molar-refractivity contribution in [2.24, 2.45) is 5.73 Å². The first-order valence-corrected chi connectivity index (χ1v) is 7.79. The van der Waals surface area contributed by atoms with Gasteiger partial charge < -0.3 is 15.7 Å². The van der Waals surface area contributed by atoms with Crippen molar-refractivity contribution < 1.29 is 5.11 Å². The van der Waals surface area contributed by atoms with Crippen LogP contribution in [0.15, 0.2) is 30.5 Å². The zero-order chi connectivity index (χ0) is 14.7. The molecule has 3 N–H and O–H groups in total. The van der Waals surface area contributed by atoms with Crippen molar-refractivity contribution in [2.75, 3.05) is 18.1 Å². The molecule has 112 valence electrons. The normalized spacial score (nSPS) is 18.6. The molecule has 1 aliphatic heterocycles. The van der Waals surface area contributed by atoms with Crippen molar-refractivity contribution in [3.63, 3.8) is 0 Å². The van der Waals surface area contributed by atoms with Crippen LogP contribution >= 0.6 is 0 Å². The van der Waals surface area contributed by atoms with Crippen molar-refractivity contribution in [2.45, 2.75) is 38.3 Å². The van der Waals surface area contributed by atoms with Crippen molar-refractivity contribution >= 4 is 16.6 Å². The van der Waals surface area contributed by atoms with Gasteiger partial charge in [-0.1, -0.05) is 18.2 Å². The third kappa shape index (κ3) is 2.74. The molecule has 0 spiro atoms. The zero-order valence-electron chi connectivity index (χ0n) is 12.3. The lowest BCUT2D eigenvalue weighted by Gasteiger charge is -2.30. The number of fused-ring (bicyclic) bond motifs is 1. The first-order chi connectivity index (χ1) is 10.3. The van der Waals surface area contributed by atoms with Gasteiger partial charge in [-0.3, -0.25) is 4.98 Å². The van der Waals surface area contributed by atoms with Crippen LogP contribution in [-0.2, 0) is 6.54 Å². The van der Waals surface area contributed by atoms with Crippen LogP contribution in [0, 0.1) is 0 Å². The highest BCUT2D eigenvalue weighted by atomic mass is 16.2. The van der Waals surface area contributed by atoms with Gasteiger partial charge in [0.15, 0.2) is 0 Å². The second-order valence-corrected chi connectivity index (χ2v) is 5.71. The number of aliphatic hydroxyl groups excluding tert-OH is 1. The topological polar surface area (TPSA) is 62.4 Å². The van der Waals surface area contributed by atoms with Gasteiger partial charge in [-0.15, -0.1) is 0 Å². The molecule has 2 aromatic rings. The van der Waals surface area contributed by atoms with Gasteiger partial charge in [-0.25, -0.2) is 0 Å². The lowest BCUT2D eigenvalue weighted by Crippen LogP contribution is -2.31. The van der Waals surface area contributed by atoms with Gasteiger partial charge in [-0.05, 0) is 31.7 Å². The molecular weight excluding hydrogens is 262 g/mol. The van der Waals surface area contributed by atoms with E-state index in [0.29, 0.717) is 12.6 Å². The molecular formula is C17H23N3O. The number of rotatable bonds is 5. The Labute approximate surface area is 125 Å². The largest absolute Gasteiger partial charge is 0.396 e. The minimum atomic E-state index is 0.269. The van der Waals surface area contributed by atoms with E-state index in [1.54, 1.807) is 0 Å². The molecule has 0 radical (unpaired) electrons. The SMILES string of the molecule is NCc1cnc2ccccc2c1N1CCCC1CCCO. The molecule has 0 bridgehead atoms. The average molecular weight is 285 g/mol. The number of nitrogens with two attached hydrogens (primary N) is 1. The molecule has 1 aliphatic rings. The molecule has 1 fully saturated rings. The van der Waals surface area contributed by atoms with Crippen molar-refractivity contribution in [3.05, 3.63) is 36.0 Å². The summed E-state index contributed by atoms with van der Waals surface area (Å²) < 4.78 is 0. The first-order valence-electron chi connectivity index (χ1n) is 7.79. The second-order valence-electron chi connectivity index (χ2n) is 5.71. The van der Waals surface area contributed by atoms with E-state index in [0.717, 1.165) is 30.5 Å². The van der Waals surface area contributed by atoms with E-state index in [2.05, 4.69) is 28.1 Å². The minimum Gasteiger partial charge on any atom is -0.396 e. The zero-order valence-corrected chi connectivity index (χ0v) is 12.3. The van der Waals surface area contributed by atoms with Gasteiger partial charge in [0.25, 0.3) is 0 Å². The van der Waals surface area contributed by atoms with Crippen LogP contribution in [0.5, 0.6) is 0 Å². The van der Waals surface area contributed by atoms with Gasteiger partial charge >= 0.3 is 0 Å². The third-order valence-electron chi connectivity index (χ3n) is 4.40. The molecule has 1 aromatic carbocycles. The molecule has 2 heterocycles. The highest BCUT2D eigenvalue weighted by Gasteiger charge is 2.27. The van der Waals surface area contributed by atoms with Crippen LogP contribution in [0.4, 0.5) is 5.69 Å². The number of anilines is 1. The summed E-state index contributed by atoms with van der Waals surface area (Å²) in [5.41, 5.74) is 9.34. The predicted octanol–water partition coefficient (Wildman–Crippen LogP) is 2.43. The Morgan fingerprint density at radius 2 is 2.19 bits per heavy atom. The molecule has 1 atom stereocenters. The lowest BCUT2D eigenvalue weighted by atomic mass is 10.0. The Morgan fingerprint density at radius 1 is 1.33 bits per heavy atom. The van der Waals surface area contributed by atoms with E-state index < -0.39 is 0 Å². The smallest absolute Gasteiger partial charge is 0.0723 e. The van der Waals surface area contributed by atoms with Crippen LogP contribution in [0.25, 0.3) is 10.9 Å². The number of pyridine rings is 1. The van der Waals surface area contributed by atoms with E-state index >= 15 is 0 Å². The summed E-state index contributed by atoms with van der Waals surface area (Å²) in [5, 5.41) is 10.3. The summed E-state index contributed by atoms with van der Waals surface area (Å²) in [6.07, 6.45) is 6.22. The van der Waals surface area contributed by atoms with Crippen LogP contribution in [0.3, 0.4) is 0 Å². The van der Waals surface area contributed by atoms with Crippen LogP contribution in [-0.4, -0.2) is 29.3 Å². The number of nitrogens with zero attached hydrogens (tertiary/aromatic N) is 2. The second kappa shape index (κ2) is 6.41. The standard InChI is InChI=1S/C17H23N3O/c18-11-13-12-19-16-8-2-1-7-15(16)17(13)20-9-3-5-14(20)6-4-10-21/h1-2,7-8,12,14,21H,3-6,9-11,18H2. The van der Waals surface area contributed by atoms with Crippen LogP contribution < -0.4 is 10.6 Å². The average Bonchev–Trinajstić information content (AvgIpc) is 2.99. The Hall–Kier alpha value is -1.65. The van der Waals surface area contributed by atoms with Gasteiger partial charge in [-0.2, -0.15) is 0 Å². The quantitative estimate of drug-likeness (QED) is 0.885. The van der Waals surface area contributed by atoms with E-state index in [-0.39, 0.29) is 6.61 Å². The van der Waals surface area contributed by atoms with Crippen molar-refractivity contribution in [1.29, 1.82) is 0 Å². The Morgan fingerprint density at radius 3 is 3.00 bits per heavy atom. The number of para-hydroxylation sites is 1. The molecule has 1 unspecified atom stereocenters. The van der Waals surface area contributed by atoms with E-state index in [1.165, 1.54) is 23.9 Å². The van der Waals surface area contributed by atoms with E-state index in [1.807, 2.05) is 12.3 Å². The highest BCUT2D eigenvalue weighted by Crippen LogP contribution is 2.35. The van der Waals surface area contributed by atoms with E-state index in [4.69, 9.17) is 10.8 Å². The number of aromatic nitrogens is 1. The Bertz CT molecular complexity index is 614. The molecule has 0 amide bonds. The third-order valence-corrected chi connectivity index (χ3v) is 4.40. The molecule has 4 nitrogen and oxygen atoms in total. The predicted molar refractivity (Wildman–Crippen MR) is 86.3 cm³/mol. The molecule has 1 saturated heterocycles. The fraction of sp³-hybridized carbons (Fsp3) is 0.471.